The Labute approximate surface area is 148 Å². The van der Waals surface area contributed by atoms with E-state index in [1.165, 1.54) is 0 Å². The first-order valence-corrected chi connectivity index (χ1v) is 8.01. The van der Waals surface area contributed by atoms with Crippen LogP contribution in [-0.4, -0.2) is 22.0 Å². The number of benzene rings is 1. The lowest BCUT2D eigenvalue weighted by Crippen LogP contribution is -2.53. The third-order valence-corrected chi connectivity index (χ3v) is 4.36. The molecule has 2 fully saturated rings. The molecule has 2 aliphatic rings. The van der Waals surface area contributed by atoms with Crippen molar-refractivity contribution in [2.75, 3.05) is 0 Å². The van der Waals surface area contributed by atoms with Crippen LogP contribution in [-0.2, 0) is 9.59 Å². The van der Waals surface area contributed by atoms with Crippen LogP contribution in [0.1, 0.15) is 29.6 Å². The smallest absolute Gasteiger partial charge is 0.245 e. The van der Waals surface area contributed by atoms with E-state index in [-0.39, 0.29) is 23.5 Å². The van der Waals surface area contributed by atoms with Crippen molar-refractivity contribution in [2.45, 2.75) is 18.5 Å². The van der Waals surface area contributed by atoms with Crippen LogP contribution in [0.5, 0.6) is 0 Å². The minimum absolute atomic E-state index is 0.131. The van der Waals surface area contributed by atoms with Crippen molar-refractivity contribution < 1.29 is 9.59 Å². The van der Waals surface area contributed by atoms with E-state index in [2.05, 4.69) is 21.3 Å². The summed E-state index contributed by atoms with van der Waals surface area (Å²) in [6, 6.07) is 8.62. The normalized spacial score (nSPS) is 26.5. The van der Waals surface area contributed by atoms with E-state index in [4.69, 9.17) is 24.4 Å². The highest BCUT2D eigenvalue weighted by atomic mass is 32.1. The van der Waals surface area contributed by atoms with Crippen LogP contribution in [0.15, 0.2) is 24.3 Å². The summed E-state index contributed by atoms with van der Waals surface area (Å²) in [5.74, 6) is -1.41. The van der Waals surface area contributed by atoms with Gasteiger partial charge in [0.15, 0.2) is 10.2 Å². The number of nitriles is 1. The molecule has 3 atom stereocenters. The van der Waals surface area contributed by atoms with Crippen LogP contribution >= 0.6 is 24.4 Å². The van der Waals surface area contributed by atoms with Crippen LogP contribution in [0.25, 0.3) is 0 Å². The van der Waals surface area contributed by atoms with Gasteiger partial charge in [0, 0.05) is 0 Å². The van der Waals surface area contributed by atoms with Crippen molar-refractivity contribution in [1.82, 2.24) is 21.3 Å². The van der Waals surface area contributed by atoms with Gasteiger partial charge in [-0.1, -0.05) is 24.3 Å². The van der Waals surface area contributed by atoms with Gasteiger partial charge >= 0.3 is 0 Å². The summed E-state index contributed by atoms with van der Waals surface area (Å²) in [5.41, 5.74) is 1.66. The lowest BCUT2D eigenvalue weighted by Gasteiger charge is -2.30. The minimum Gasteiger partial charge on any atom is -0.355 e. The highest BCUT2D eigenvalue weighted by Gasteiger charge is 2.35. The third kappa shape index (κ3) is 3.20. The maximum atomic E-state index is 11.9. The molecule has 2 heterocycles. The van der Waals surface area contributed by atoms with Crippen LogP contribution in [0, 0.1) is 17.2 Å². The van der Waals surface area contributed by atoms with Crippen LogP contribution < -0.4 is 21.3 Å². The SMILES string of the molecule is N#CC1C(=O)NC(=S)NC1c1ccc(C2CC(=O)NC(=S)N2)cc1. The van der Waals surface area contributed by atoms with Gasteiger partial charge in [0.2, 0.25) is 11.8 Å². The van der Waals surface area contributed by atoms with Crippen molar-refractivity contribution in [3.05, 3.63) is 35.4 Å². The first kappa shape index (κ1) is 16.3. The van der Waals surface area contributed by atoms with Gasteiger partial charge in [0.25, 0.3) is 0 Å². The standard InChI is InChI=1S/C15H13N5O2S2/c16-6-9-12(19-15(24)20-13(9)22)8-3-1-7(2-4-8)10-5-11(21)18-14(23)17-10/h1-4,9-10,12H,5H2,(H2,17,18,21,23)(H2,19,20,22,24). The van der Waals surface area contributed by atoms with Gasteiger partial charge in [-0.2, -0.15) is 5.26 Å². The zero-order chi connectivity index (χ0) is 17.3. The van der Waals surface area contributed by atoms with Gasteiger partial charge in [-0.25, -0.2) is 0 Å². The fraction of sp³-hybridized carbons (Fsp3) is 0.267. The van der Waals surface area contributed by atoms with E-state index in [9.17, 15) is 14.9 Å². The Morgan fingerprint density at radius 2 is 1.62 bits per heavy atom. The third-order valence-electron chi connectivity index (χ3n) is 3.92. The molecule has 9 heteroatoms. The summed E-state index contributed by atoms with van der Waals surface area (Å²) in [5, 5.41) is 20.7. The van der Waals surface area contributed by atoms with E-state index in [0.717, 1.165) is 11.1 Å². The molecule has 2 amide bonds. The van der Waals surface area contributed by atoms with Crippen molar-refractivity contribution >= 4 is 46.5 Å². The Hall–Kier alpha value is -2.57. The van der Waals surface area contributed by atoms with Gasteiger partial charge in [-0.3, -0.25) is 9.59 Å². The number of rotatable bonds is 2. The Balaban J connectivity index is 1.82. The molecule has 2 aliphatic heterocycles. The molecular formula is C15H13N5O2S2. The molecule has 4 N–H and O–H groups in total. The number of hydrogen-bond donors (Lipinski definition) is 4. The molecule has 7 nitrogen and oxygen atoms in total. The Kier molecular flexibility index (Phi) is 4.42. The van der Waals surface area contributed by atoms with E-state index in [1.54, 1.807) is 0 Å². The Morgan fingerprint density at radius 3 is 2.25 bits per heavy atom. The second-order valence-corrected chi connectivity index (χ2v) is 6.31. The predicted molar refractivity (Wildman–Crippen MR) is 93.4 cm³/mol. The lowest BCUT2D eigenvalue weighted by molar-refractivity contribution is -0.123. The molecule has 0 spiro atoms. The highest BCUT2D eigenvalue weighted by Crippen LogP contribution is 2.27. The number of nitrogens with zero attached hydrogens (tertiary/aromatic N) is 1. The number of amides is 2. The van der Waals surface area contributed by atoms with Gasteiger partial charge in [0.1, 0.15) is 5.92 Å². The second kappa shape index (κ2) is 6.51. The van der Waals surface area contributed by atoms with Gasteiger partial charge in [-0.05, 0) is 35.6 Å². The molecular weight excluding hydrogens is 346 g/mol. The highest BCUT2D eigenvalue weighted by molar-refractivity contribution is 7.80. The topological polar surface area (TPSA) is 106 Å². The van der Waals surface area contributed by atoms with Gasteiger partial charge in [-0.15, -0.1) is 0 Å². The first-order valence-electron chi connectivity index (χ1n) is 7.19. The first-order chi connectivity index (χ1) is 11.5. The molecule has 2 saturated heterocycles. The monoisotopic (exact) mass is 359 g/mol. The van der Waals surface area contributed by atoms with E-state index >= 15 is 0 Å². The maximum absolute atomic E-state index is 11.9. The molecule has 0 saturated carbocycles. The number of hydrogen-bond acceptors (Lipinski definition) is 5. The quantitative estimate of drug-likeness (QED) is 0.563. The summed E-state index contributed by atoms with van der Waals surface area (Å²) in [6.07, 6.45) is 0.286. The van der Waals surface area contributed by atoms with Crippen LogP contribution in [0.2, 0.25) is 0 Å². The fourth-order valence-electron chi connectivity index (χ4n) is 2.76. The molecule has 0 radical (unpaired) electrons. The van der Waals surface area contributed by atoms with Gasteiger partial charge in [0.05, 0.1) is 24.6 Å². The van der Waals surface area contributed by atoms with Crippen LogP contribution in [0.3, 0.4) is 0 Å². The molecule has 0 aromatic heterocycles. The van der Waals surface area contributed by atoms with Crippen molar-refractivity contribution in [3.8, 4) is 6.07 Å². The largest absolute Gasteiger partial charge is 0.355 e. The van der Waals surface area contributed by atoms with Crippen molar-refractivity contribution in [3.63, 3.8) is 0 Å². The number of carbonyl (C=O) groups is 2. The molecule has 1 aromatic carbocycles. The van der Waals surface area contributed by atoms with Crippen molar-refractivity contribution in [2.24, 2.45) is 5.92 Å². The lowest BCUT2D eigenvalue weighted by atomic mass is 9.90. The number of carbonyl (C=O) groups excluding carboxylic acids is 2. The zero-order valence-electron chi connectivity index (χ0n) is 12.3. The Morgan fingerprint density at radius 1 is 1.00 bits per heavy atom. The summed E-state index contributed by atoms with van der Waals surface area (Å²) in [4.78, 5) is 23.5. The minimum atomic E-state index is -0.867. The summed E-state index contributed by atoms with van der Waals surface area (Å²) >= 11 is 9.99. The van der Waals surface area contributed by atoms with E-state index in [0.29, 0.717) is 5.11 Å². The predicted octanol–water partition coefficient (Wildman–Crippen LogP) is 0.307. The summed E-state index contributed by atoms with van der Waals surface area (Å²) < 4.78 is 0. The van der Waals surface area contributed by atoms with E-state index in [1.807, 2.05) is 30.3 Å². The molecule has 1 aromatic rings. The molecule has 122 valence electrons. The molecule has 0 aliphatic carbocycles. The summed E-state index contributed by atoms with van der Waals surface area (Å²) in [6.45, 7) is 0. The maximum Gasteiger partial charge on any atom is 0.245 e. The fourth-order valence-corrected chi connectivity index (χ4v) is 3.24. The molecule has 0 bridgehead atoms. The number of thiocarbonyl (C=S) groups is 2. The average Bonchev–Trinajstić information content (AvgIpc) is 2.53. The van der Waals surface area contributed by atoms with Crippen LogP contribution in [0.4, 0.5) is 0 Å². The van der Waals surface area contributed by atoms with E-state index < -0.39 is 17.9 Å². The average molecular weight is 359 g/mol. The zero-order valence-corrected chi connectivity index (χ0v) is 14.0. The second-order valence-electron chi connectivity index (χ2n) is 5.49. The van der Waals surface area contributed by atoms with Gasteiger partial charge < -0.3 is 21.3 Å². The summed E-state index contributed by atoms with van der Waals surface area (Å²) in [7, 11) is 0. The number of nitrogens with one attached hydrogen (secondary N) is 4. The van der Waals surface area contributed by atoms with Crippen molar-refractivity contribution in [1.29, 1.82) is 5.26 Å². The molecule has 3 unspecified atom stereocenters. The molecule has 24 heavy (non-hydrogen) atoms. The Bertz CT molecular complexity index is 755. The molecule has 3 rings (SSSR count).